The minimum absolute atomic E-state index is 0.160. The van der Waals surface area contributed by atoms with Gasteiger partial charge in [0, 0.05) is 11.6 Å². The summed E-state index contributed by atoms with van der Waals surface area (Å²) in [5.74, 6) is 1.28. The quantitative estimate of drug-likeness (QED) is 0.797. The van der Waals surface area contributed by atoms with Gasteiger partial charge in [0.15, 0.2) is 12.2 Å². The number of aromatic hydroxyl groups is 1. The van der Waals surface area contributed by atoms with Crippen molar-refractivity contribution in [2.24, 2.45) is 11.8 Å². The number of nitrogens with zero attached hydrogens (tertiary/aromatic N) is 1. The van der Waals surface area contributed by atoms with Crippen LogP contribution in [0.5, 0.6) is 5.88 Å². The lowest BCUT2D eigenvalue weighted by atomic mass is 9.85. The van der Waals surface area contributed by atoms with Crippen LogP contribution in [0.3, 0.4) is 0 Å². The first-order chi connectivity index (χ1) is 7.79. The van der Waals surface area contributed by atoms with Crippen molar-refractivity contribution in [3.8, 4) is 5.88 Å². The van der Waals surface area contributed by atoms with Crippen LogP contribution in [0.25, 0.3) is 0 Å². The first kappa shape index (κ1) is 13.8. The van der Waals surface area contributed by atoms with Crippen molar-refractivity contribution in [3.05, 3.63) is 17.8 Å². The lowest BCUT2D eigenvalue weighted by Gasteiger charge is -2.33. The van der Waals surface area contributed by atoms with Crippen molar-refractivity contribution in [2.45, 2.75) is 46.6 Å². The summed E-state index contributed by atoms with van der Waals surface area (Å²) in [4.78, 5) is 11.0. The summed E-state index contributed by atoms with van der Waals surface area (Å²) in [7, 11) is 0. The Morgan fingerprint density at radius 3 is 2.41 bits per heavy atom. The second kappa shape index (κ2) is 4.94. The Balaban J connectivity index is 3.03. The van der Waals surface area contributed by atoms with Crippen molar-refractivity contribution < 1.29 is 9.90 Å². The Hall–Kier alpha value is -1.25. The fourth-order valence-corrected chi connectivity index (χ4v) is 2.31. The molecular formula is C14H23NO2. The lowest BCUT2D eigenvalue weighted by molar-refractivity contribution is 0.110. The molecule has 0 saturated heterocycles. The van der Waals surface area contributed by atoms with Crippen LogP contribution >= 0.6 is 0 Å². The van der Waals surface area contributed by atoms with Crippen molar-refractivity contribution >= 4 is 6.29 Å². The Labute approximate surface area is 103 Å². The van der Waals surface area contributed by atoms with E-state index < -0.39 is 0 Å². The molecule has 1 N–H and O–H groups in total. The van der Waals surface area contributed by atoms with E-state index in [1.54, 1.807) is 16.7 Å². The molecule has 1 unspecified atom stereocenters. The van der Waals surface area contributed by atoms with Crippen LogP contribution in [0.1, 0.15) is 51.5 Å². The highest BCUT2D eigenvalue weighted by atomic mass is 16.3. The molecule has 0 spiro atoms. The summed E-state index contributed by atoms with van der Waals surface area (Å²) < 4.78 is 1.72. The molecule has 1 aromatic rings. The van der Waals surface area contributed by atoms with E-state index >= 15 is 0 Å². The molecule has 0 radical (unpaired) electrons. The van der Waals surface area contributed by atoms with Crippen LogP contribution in [-0.4, -0.2) is 16.0 Å². The minimum atomic E-state index is -0.256. The van der Waals surface area contributed by atoms with Gasteiger partial charge in [-0.1, -0.05) is 20.8 Å². The molecular weight excluding hydrogens is 214 g/mol. The standard InChI is InChI=1S/C14H23NO2/c1-10(2)11(3)8-14(4,5)15-12(9-16)6-7-13(15)17/h6-7,9-11,17H,8H2,1-5H3. The van der Waals surface area contributed by atoms with E-state index in [1.807, 2.05) is 0 Å². The van der Waals surface area contributed by atoms with Crippen molar-refractivity contribution in [1.82, 2.24) is 4.57 Å². The molecule has 1 aromatic heterocycles. The number of hydrogen-bond donors (Lipinski definition) is 1. The van der Waals surface area contributed by atoms with Crippen molar-refractivity contribution in [3.63, 3.8) is 0 Å². The van der Waals surface area contributed by atoms with Crippen LogP contribution in [0.2, 0.25) is 0 Å². The zero-order chi connectivity index (χ0) is 13.2. The zero-order valence-electron chi connectivity index (χ0n) is 11.4. The van der Waals surface area contributed by atoms with Crippen LogP contribution < -0.4 is 0 Å². The van der Waals surface area contributed by atoms with E-state index in [0.717, 1.165) is 12.7 Å². The Morgan fingerprint density at radius 2 is 1.94 bits per heavy atom. The zero-order valence-corrected chi connectivity index (χ0v) is 11.4. The summed E-state index contributed by atoms with van der Waals surface area (Å²) in [6.07, 6.45) is 1.72. The predicted molar refractivity (Wildman–Crippen MR) is 69.4 cm³/mol. The third kappa shape index (κ3) is 2.90. The summed E-state index contributed by atoms with van der Waals surface area (Å²) in [6, 6.07) is 3.23. The summed E-state index contributed by atoms with van der Waals surface area (Å²) >= 11 is 0. The average Bonchev–Trinajstić information content (AvgIpc) is 2.59. The summed E-state index contributed by atoms with van der Waals surface area (Å²) in [5.41, 5.74) is 0.275. The SMILES string of the molecule is CC(C)C(C)CC(C)(C)n1c(O)ccc1C=O. The van der Waals surface area contributed by atoms with E-state index in [4.69, 9.17) is 0 Å². The highest BCUT2D eigenvalue weighted by molar-refractivity contribution is 5.73. The highest BCUT2D eigenvalue weighted by Gasteiger charge is 2.28. The Morgan fingerprint density at radius 1 is 1.35 bits per heavy atom. The maximum absolute atomic E-state index is 11.0. The van der Waals surface area contributed by atoms with Gasteiger partial charge in [0.2, 0.25) is 0 Å². The number of hydrogen-bond acceptors (Lipinski definition) is 2. The monoisotopic (exact) mass is 237 g/mol. The van der Waals surface area contributed by atoms with E-state index in [1.165, 1.54) is 0 Å². The van der Waals surface area contributed by atoms with Gasteiger partial charge < -0.3 is 9.67 Å². The smallest absolute Gasteiger partial charge is 0.191 e. The molecule has 0 aromatic carbocycles. The molecule has 3 heteroatoms. The maximum atomic E-state index is 11.0. The minimum Gasteiger partial charge on any atom is -0.494 e. The van der Waals surface area contributed by atoms with Gasteiger partial charge in [-0.15, -0.1) is 0 Å². The normalized spacial score (nSPS) is 14.0. The second-order valence-corrected chi connectivity index (χ2v) is 5.81. The molecule has 1 rings (SSSR count). The number of carbonyl (C=O) groups excluding carboxylic acids is 1. The molecule has 0 aliphatic rings. The van der Waals surface area contributed by atoms with E-state index in [9.17, 15) is 9.90 Å². The van der Waals surface area contributed by atoms with Crippen molar-refractivity contribution in [2.75, 3.05) is 0 Å². The van der Waals surface area contributed by atoms with Crippen LogP contribution in [0.4, 0.5) is 0 Å². The molecule has 0 fully saturated rings. The molecule has 0 aliphatic carbocycles. The molecule has 0 aliphatic heterocycles. The summed E-state index contributed by atoms with van der Waals surface area (Å²) in [6.45, 7) is 10.7. The molecule has 1 heterocycles. The van der Waals surface area contributed by atoms with Crippen LogP contribution in [0, 0.1) is 11.8 Å². The topological polar surface area (TPSA) is 42.2 Å². The van der Waals surface area contributed by atoms with Gasteiger partial charge in [-0.3, -0.25) is 4.79 Å². The lowest BCUT2D eigenvalue weighted by Crippen LogP contribution is -2.31. The van der Waals surface area contributed by atoms with Gasteiger partial charge in [0.05, 0.1) is 5.69 Å². The summed E-state index contributed by atoms with van der Waals surface area (Å²) in [5, 5.41) is 9.85. The Kier molecular flexibility index (Phi) is 4.02. The number of rotatable bonds is 5. The first-order valence-corrected chi connectivity index (χ1v) is 6.16. The fourth-order valence-electron chi connectivity index (χ4n) is 2.31. The number of carbonyl (C=O) groups is 1. The maximum Gasteiger partial charge on any atom is 0.191 e. The van der Waals surface area contributed by atoms with Crippen LogP contribution in [0.15, 0.2) is 12.1 Å². The van der Waals surface area contributed by atoms with Gasteiger partial charge in [0.25, 0.3) is 0 Å². The molecule has 3 nitrogen and oxygen atoms in total. The highest BCUT2D eigenvalue weighted by Crippen LogP contribution is 2.33. The first-order valence-electron chi connectivity index (χ1n) is 6.16. The van der Waals surface area contributed by atoms with E-state index in [0.29, 0.717) is 17.5 Å². The number of aldehydes is 1. The van der Waals surface area contributed by atoms with E-state index in [2.05, 4.69) is 34.6 Å². The molecule has 17 heavy (non-hydrogen) atoms. The van der Waals surface area contributed by atoms with E-state index in [-0.39, 0.29) is 11.4 Å². The average molecular weight is 237 g/mol. The largest absolute Gasteiger partial charge is 0.494 e. The predicted octanol–water partition coefficient (Wildman–Crippen LogP) is 3.42. The van der Waals surface area contributed by atoms with Gasteiger partial charge in [0.1, 0.15) is 0 Å². The van der Waals surface area contributed by atoms with Gasteiger partial charge >= 0.3 is 0 Å². The van der Waals surface area contributed by atoms with Crippen molar-refractivity contribution in [1.29, 1.82) is 0 Å². The third-order valence-corrected chi connectivity index (χ3v) is 3.58. The fraction of sp³-hybridized carbons (Fsp3) is 0.643. The second-order valence-electron chi connectivity index (χ2n) is 5.81. The van der Waals surface area contributed by atoms with Crippen LogP contribution in [-0.2, 0) is 5.54 Å². The van der Waals surface area contributed by atoms with Gasteiger partial charge in [-0.2, -0.15) is 0 Å². The molecule has 0 amide bonds. The molecule has 0 bridgehead atoms. The molecule has 96 valence electrons. The van der Waals surface area contributed by atoms with Gasteiger partial charge in [-0.25, -0.2) is 0 Å². The molecule has 0 saturated carbocycles. The molecule has 1 atom stereocenters. The number of aromatic nitrogens is 1. The third-order valence-electron chi connectivity index (χ3n) is 3.58. The Bertz CT molecular complexity index is 391. The van der Waals surface area contributed by atoms with Gasteiger partial charge in [-0.05, 0) is 38.2 Å².